The Bertz CT molecular complexity index is 460. The van der Waals surface area contributed by atoms with Crippen LogP contribution in [0.3, 0.4) is 0 Å². The van der Waals surface area contributed by atoms with Crippen LogP contribution in [0.15, 0.2) is 0 Å². The van der Waals surface area contributed by atoms with Gasteiger partial charge in [-0.25, -0.2) is 0 Å². The largest absolute Gasteiger partial charge is 0.481 e. The number of carboxylic acids is 2. The normalized spacial score (nSPS) is 9.50. The molecule has 0 saturated heterocycles. The van der Waals surface area contributed by atoms with Crippen LogP contribution in [0.25, 0.3) is 0 Å². The van der Waals surface area contributed by atoms with E-state index in [9.17, 15) is 9.59 Å². The SMILES string of the molecule is O=C(O)CCCCCC#CC#CCCCCCCCCCC(=O)O. The van der Waals surface area contributed by atoms with Crippen molar-refractivity contribution in [1.29, 1.82) is 0 Å². The number of hydrogen-bond acceptors (Lipinski definition) is 2. The summed E-state index contributed by atoms with van der Waals surface area (Å²) in [5.74, 6) is 10.3. The molecule has 0 heterocycles. The molecule has 0 fully saturated rings. The minimum absolute atomic E-state index is 0.246. The highest BCUT2D eigenvalue weighted by molar-refractivity contribution is 5.66. The molecule has 0 aliphatic heterocycles. The number of carboxylic acid groups (broad SMARTS) is 2. The third kappa shape index (κ3) is 20.1. The van der Waals surface area contributed by atoms with E-state index in [1.54, 1.807) is 0 Å². The van der Waals surface area contributed by atoms with E-state index in [0.717, 1.165) is 57.8 Å². The summed E-state index contributed by atoms with van der Waals surface area (Å²) < 4.78 is 0. The fourth-order valence-corrected chi connectivity index (χ4v) is 2.25. The van der Waals surface area contributed by atoms with Gasteiger partial charge in [-0.15, -0.1) is 0 Å². The number of rotatable bonds is 14. The summed E-state index contributed by atoms with van der Waals surface area (Å²) in [5.41, 5.74) is 0. The summed E-state index contributed by atoms with van der Waals surface area (Å²) in [5, 5.41) is 17.0. The van der Waals surface area contributed by atoms with E-state index in [-0.39, 0.29) is 6.42 Å². The third-order valence-electron chi connectivity index (χ3n) is 3.62. The maximum absolute atomic E-state index is 10.3. The summed E-state index contributed by atoms with van der Waals surface area (Å²) in [4.78, 5) is 20.7. The molecule has 0 spiro atoms. The Morgan fingerprint density at radius 1 is 0.542 bits per heavy atom. The van der Waals surface area contributed by atoms with Crippen LogP contribution in [0.4, 0.5) is 0 Å². The minimum atomic E-state index is -0.731. The highest BCUT2D eigenvalue weighted by Gasteiger charge is 1.96. The van der Waals surface area contributed by atoms with Crippen molar-refractivity contribution in [3.63, 3.8) is 0 Å². The van der Waals surface area contributed by atoms with Gasteiger partial charge < -0.3 is 10.2 Å². The van der Waals surface area contributed by atoms with Gasteiger partial charge in [0.1, 0.15) is 0 Å². The van der Waals surface area contributed by atoms with Crippen molar-refractivity contribution in [3.8, 4) is 23.7 Å². The number of hydrogen-bond donors (Lipinski definition) is 2. The topological polar surface area (TPSA) is 74.6 Å². The van der Waals surface area contributed by atoms with Crippen LogP contribution in [-0.4, -0.2) is 22.2 Å². The lowest BCUT2D eigenvalue weighted by Gasteiger charge is -1.99. The average Bonchev–Trinajstić information content (AvgIpc) is 2.53. The van der Waals surface area contributed by atoms with Crippen molar-refractivity contribution >= 4 is 11.9 Å². The van der Waals surface area contributed by atoms with Crippen molar-refractivity contribution in [2.75, 3.05) is 0 Å². The first-order valence-electron chi connectivity index (χ1n) is 9.02. The summed E-state index contributed by atoms with van der Waals surface area (Å²) in [6, 6.07) is 0. The minimum Gasteiger partial charge on any atom is -0.481 e. The molecule has 0 aromatic rings. The van der Waals surface area contributed by atoms with Crippen LogP contribution in [0.2, 0.25) is 0 Å². The maximum atomic E-state index is 10.3. The molecule has 4 heteroatoms. The van der Waals surface area contributed by atoms with E-state index in [2.05, 4.69) is 23.7 Å². The van der Waals surface area contributed by atoms with Gasteiger partial charge in [0.25, 0.3) is 0 Å². The molecule has 0 aliphatic rings. The second-order valence-electron chi connectivity index (χ2n) is 5.93. The highest BCUT2D eigenvalue weighted by Crippen LogP contribution is 2.09. The molecule has 4 nitrogen and oxygen atoms in total. The Kier molecular flexibility index (Phi) is 16.0. The van der Waals surface area contributed by atoms with E-state index in [0.29, 0.717) is 6.42 Å². The molecule has 0 amide bonds. The number of unbranched alkanes of at least 4 members (excludes halogenated alkanes) is 10. The molecule has 2 N–H and O–H groups in total. The Labute approximate surface area is 146 Å². The highest BCUT2D eigenvalue weighted by atomic mass is 16.4. The quantitative estimate of drug-likeness (QED) is 0.359. The van der Waals surface area contributed by atoms with Crippen LogP contribution in [0.5, 0.6) is 0 Å². The molecular weight excluding hydrogens is 304 g/mol. The molecule has 0 unspecified atom stereocenters. The molecular formula is C20H30O4. The van der Waals surface area contributed by atoms with Gasteiger partial charge in [-0.1, -0.05) is 50.4 Å². The maximum Gasteiger partial charge on any atom is 0.303 e. The van der Waals surface area contributed by atoms with E-state index < -0.39 is 11.9 Å². The Morgan fingerprint density at radius 2 is 0.875 bits per heavy atom. The van der Waals surface area contributed by atoms with Crippen molar-refractivity contribution in [1.82, 2.24) is 0 Å². The third-order valence-corrected chi connectivity index (χ3v) is 3.62. The van der Waals surface area contributed by atoms with Crippen molar-refractivity contribution in [2.24, 2.45) is 0 Å². The lowest BCUT2D eigenvalue weighted by atomic mass is 10.1. The van der Waals surface area contributed by atoms with Crippen LogP contribution in [0.1, 0.15) is 89.9 Å². The fourth-order valence-electron chi connectivity index (χ4n) is 2.25. The van der Waals surface area contributed by atoms with Gasteiger partial charge in [0.05, 0.1) is 0 Å². The van der Waals surface area contributed by atoms with Crippen LogP contribution in [0, 0.1) is 23.7 Å². The smallest absolute Gasteiger partial charge is 0.303 e. The first kappa shape index (κ1) is 22.1. The zero-order valence-corrected chi connectivity index (χ0v) is 14.6. The van der Waals surface area contributed by atoms with E-state index in [1.165, 1.54) is 19.3 Å². The summed E-state index contributed by atoms with van der Waals surface area (Å²) in [6.45, 7) is 0. The molecule has 0 bridgehead atoms. The molecule has 0 saturated carbocycles. The molecule has 134 valence electrons. The second-order valence-corrected chi connectivity index (χ2v) is 5.93. The van der Waals surface area contributed by atoms with Gasteiger partial charge in [-0.2, -0.15) is 0 Å². The van der Waals surface area contributed by atoms with Crippen molar-refractivity contribution in [3.05, 3.63) is 0 Å². The Morgan fingerprint density at radius 3 is 1.29 bits per heavy atom. The van der Waals surface area contributed by atoms with Crippen molar-refractivity contribution < 1.29 is 19.8 Å². The second kappa shape index (κ2) is 17.4. The Balaban J connectivity index is 3.29. The van der Waals surface area contributed by atoms with Gasteiger partial charge in [-0.3, -0.25) is 9.59 Å². The molecule has 0 rings (SSSR count). The molecule has 0 aliphatic carbocycles. The molecule has 0 radical (unpaired) electrons. The zero-order chi connectivity index (χ0) is 17.9. The standard InChI is InChI=1S/C20H30O4/c21-19(22)17-15-13-11-9-7-5-3-1-2-4-6-8-10-12-14-16-18-20(23)24/h1,3,5,7,9-18H2,(H,21,22)(H,23,24). The van der Waals surface area contributed by atoms with E-state index in [1.807, 2.05) is 0 Å². The van der Waals surface area contributed by atoms with Gasteiger partial charge in [0.15, 0.2) is 0 Å². The molecule has 0 aromatic heterocycles. The predicted octanol–water partition coefficient (Wildman–Crippen LogP) is 4.62. The van der Waals surface area contributed by atoms with Crippen LogP contribution < -0.4 is 0 Å². The summed E-state index contributed by atoms with van der Waals surface area (Å²) >= 11 is 0. The lowest BCUT2D eigenvalue weighted by Crippen LogP contribution is -1.93. The summed E-state index contributed by atoms with van der Waals surface area (Å²) in [7, 11) is 0. The van der Waals surface area contributed by atoms with Gasteiger partial charge >= 0.3 is 11.9 Å². The predicted molar refractivity (Wildman–Crippen MR) is 95.5 cm³/mol. The van der Waals surface area contributed by atoms with Crippen LogP contribution in [-0.2, 0) is 9.59 Å². The number of aliphatic carboxylic acids is 2. The fraction of sp³-hybridized carbons (Fsp3) is 0.700. The Hall–Kier alpha value is -1.94. The van der Waals surface area contributed by atoms with E-state index >= 15 is 0 Å². The van der Waals surface area contributed by atoms with E-state index in [4.69, 9.17) is 10.2 Å². The van der Waals surface area contributed by atoms with Crippen molar-refractivity contribution in [2.45, 2.75) is 89.9 Å². The van der Waals surface area contributed by atoms with Gasteiger partial charge in [0.2, 0.25) is 0 Å². The average molecular weight is 334 g/mol. The monoisotopic (exact) mass is 334 g/mol. The van der Waals surface area contributed by atoms with Gasteiger partial charge in [0, 0.05) is 25.7 Å². The van der Waals surface area contributed by atoms with Crippen LogP contribution >= 0.6 is 0 Å². The molecule has 24 heavy (non-hydrogen) atoms. The molecule has 0 atom stereocenters. The van der Waals surface area contributed by atoms with Gasteiger partial charge in [-0.05, 0) is 37.5 Å². The lowest BCUT2D eigenvalue weighted by molar-refractivity contribution is -0.138. The zero-order valence-electron chi connectivity index (χ0n) is 14.6. The molecule has 0 aromatic carbocycles. The first-order chi connectivity index (χ1) is 11.6. The summed E-state index contributed by atoms with van der Waals surface area (Å²) in [6.07, 6.45) is 12.3. The first-order valence-corrected chi connectivity index (χ1v) is 9.02. The number of carbonyl (C=O) groups is 2.